The molecular formula is C21H30N6O6. The number of nitrogens with one attached hydrogen (secondary N) is 2. The van der Waals surface area contributed by atoms with Gasteiger partial charge in [-0.2, -0.15) is 0 Å². The number of nitrogens with two attached hydrogens (primary N) is 1. The van der Waals surface area contributed by atoms with E-state index >= 15 is 0 Å². The summed E-state index contributed by atoms with van der Waals surface area (Å²) in [7, 11) is 3.04. The molecule has 12 nitrogen and oxygen atoms in total. The number of amides is 4. The molecule has 1 aromatic rings. The van der Waals surface area contributed by atoms with Gasteiger partial charge in [-0.15, -0.1) is 0 Å². The second-order valence-electron chi connectivity index (χ2n) is 7.48. The van der Waals surface area contributed by atoms with E-state index < -0.39 is 18.2 Å². The monoisotopic (exact) mass is 462 g/mol. The zero-order valence-corrected chi connectivity index (χ0v) is 19.0. The van der Waals surface area contributed by atoms with Crippen LogP contribution in [0.15, 0.2) is 29.4 Å². The van der Waals surface area contributed by atoms with Crippen molar-refractivity contribution in [2.24, 2.45) is 10.9 Å². The van der Waals surface area contributed by atoms with Gasteiger partial charge >= 0.3 is 18.1 Å². The molecule has 1 fully saturated rings. The summed E-state index contributed by atoms with van der Waals surface area (Å²) in [4.78, 5) is 55.1. The van der Waals surface area contributed by atoms with Crippen molar-refractivity contribution in [3.05, 3.63) is 29.8 Å². The Morgan fingerprint density at radius 3 is 2.58 bits per heavy atom. The molecule has 4 amide bonds. The first-order valence-electron chi connectivity index (χ1n) is 10.6. The molecule has 2 rings (SSSR count). The second kappa shape index (κ2) is 12.3. The lowest BCUT2D eigenvalue weighted by Gasteiger charge is -2.18. The maximum absolute atomic E-state index is 12.7. The molecule has 1 aromatic carbocycles. The third kappa shape index (κ3) is 7.66. The van der Waals surface area contributed by atoms with Crippen molar-refractivity contribution in [3.8, 4) is 0 Å². The number of ether oxygens (including phenoxy) is 1. The van der Waals surface area contributed by atoms with E-state index in [0.717, 1.165) is 6.42 Å². The summed E-state index contributed by atoms with van der Waals surface area (Å²) in [5, 5.41) is 8.77. The molecule has 0 spiro atoms. The predicted molar refractivity (Wildman–Crippen MR) is 120 cm³/mol. The van der Waals surface area contributed by atoms with Gasteiger partial charge in [0.25, 0.3) is 0 Å². The van der Waals surface area contributed by atoms with E-state index in [1.165, 1.54) is 19.0 Å². The van der Waals surface area contributed by atoms with Gasteiger partial charge in [-0.05, 0) is 37.1 Å². The third-order valence-electron chi connectivity index (χ3n) is 4.65. The molecule has 0 aromatic heterocycles. The SMILES string of the molecule is CCCOC(=O)CCNC(=O)NC1CCN(c2ccc(C(N)=NOC(=O)N(C)C)cc2)C1=O. The average Bonchev–Trinajstić information content (AvgIpc) is 3.15. The van der Waals surface area contributed by atoms with Crippen LogP contribution < -0.4 is 21.3 Å². The number of urea groups is 1. The van der Waals surface area contributed by atoms with Crippen LogP contribution in [-0.4, -0.2) is 74.6 Å². The van der Waals surface area contributed by atoms with Crippen molar-refractivity contribution in [2.75, 3.05) is 38.7 Å². The van der Waals surface area contributed by atoms with Crippen molar-refractivity contribution < 1.29 is 28.8 Å². The summed E-state index contributed by atoms with van der Waals surface area (Å²) in [6, 6.07) is 5.48. The molecule has 0 radical (unpaired) electrons. The third-order valence-corrected chi connectivity index (χ3v) is 4.65. The standard InChI is InChI=1S/C21H30N6O6/c1-4-13-32-17(28)9-11-23-20(30)24-16-10-12-27(19(16)29)15-7-5-14(6-8-15)18(22)25-33-21(31)26(2)3/h5-8,16H,4,9-13H2,1-3H3,(H2,22,25)(H2,23,24,30). The zero-order valence-electron chi connectivity index (χ0n) is 19.0. The molecule has 1 aliphatic heterocycles. The number of amidine groups is 1. The smallest absolute Gasteiger partial charge is 0.435 e. The quantitative estimate of drug-likeness (QED) is 0.161. The average molecular weight is 463 g/mol. The van der Waals surface area contributed by atoms with Crippen molar-refractivity contribution in [1.82, 2.24) is 15.5 Å². The fraction of sp³-hybridized carbons (Fsp3) is 0.476. The molecular weight excluding hydrogens is 432 g/mol. The Kier molecular flexibility index (Phi) is 9.45. The van der Waals surface area contributed by atoms with Gasteiger partial charge in [0.1, 0.15) is 6.04 Å². The van der Waals surface area contributed by atoms with E-state index in [1.54, 1.807) is 29.2 Å². The summed E-state index contributed by atoms with van der Waals surface area (Å²) in [5.74, 6) is -0.619. The molecule has 1 unspecified atom stereocenters. The van der Waals surface area contributed by atoms with E-state index in [1.807, 2.05) is 6.92 Å². The molecule has 0 saturated carbocycles. The second-order valence-corrected chi connectivity index (χ2v) is 7.48. The molecule has 1 atom stereocenters. The maximum Gasteiger partial charge on any atom is 0.435 e. The summed E-state index contributed by atoms with van der Waals surface area (Å²) < 4.78 is 4.93. The highest BCUT2D eigenvalue weighted by molar-refractivity contribution is 6.02. The molecule has 1 saturated heterocycles. The number of anilines is 1. The van der Waals surface area contributed by atoms with Crippen molar-refractivity contribution in [3.63, 3.8) is 0 Å². The number of carbonyl (C=O) groups excluding carboxylic acids is 4. The van der Waals surface area contributed by atoms with Gasteiger partial charge in [0.15, 0.2) is 5.84 Å². The number of esters is 1. The molecule has 4 N–H and O–H groups in total. The lowest BCUT2D eigenvalue weighted by Crippen LogP contribution is -2.46. The fourth-order valence-electron chi connectivity index (χ4n) is 2.88. The molecule has 12 heteroatoms. The minimum Gasteiger partial charge on any atom is -0.466 e. The van der Waals surface area contributed by atoms with Crippen molar-refractivity contribution in [2.45, 2.75) is 32.2 Å². The number of benzene rings is 1. The Bertz CT molecular complexity index is 886. The molecule has 33 heavy (non-hydrogen) atoms. The number of oxime groups is 1. The van der Waals surface area contributed by atoms with Crippen LogP contribution in [0.5, 0.6) is 0 Å². The van der Waals surface area contributed by atoms with Crippen LogP contribution >= 0.6 is 0 Å². The topological polar surface area (TPSA) is 156 Å². The largest absolute Gasteiger partial charge is 0.466 e. The Hall–Kier alpha value is -3.83. The number of hydrogen-bond acceptors (Lipinski definition) is 7. The minimum absolute atomic E-state index is 0.0132. The first-order valence-corrected chi connectivity index (χ1v) is 10.6. The highest BCUT2D eigenvalue weighted by atomic mass is 16.7. The molecule has 0 aliphatic carbocycles. The fourth-order valence-corrected chi connectivity index (χ4v) is 2.88. The van der Waals surface area contributed by atoms with Gasteiger partial charge in [-0.3, -0.25) is 14.4 Å². The van der Waals surface area contributed by atoms with Gasteiger partial charge in [-0.1, -0.05) is 12.1 Å². The summed E-state index contributed by atoms with van der Waals surface area (Å²) in [5.41, 5.74) is 6.97. The Morgan fingerprint density at radius 2 is 1.94 bits per heavy atom. The van der Waals surface area contributed by atoms with E-state index in [4.69, 9.17) is 10.5 Å². The number of hydrogen-bond donors (Lipinski definition) is 3. The molecule has 1 heterocycles. The highest BCUT2D eigenvalue weighted by Gasteiger charge is 2.33. The zero-order chi connectivity index (χ0) is 24.4. The lowest BCUT2D eigenvalue weighted by molar-refractivity contribution is -0.143. The summed E-state index contributed by atoms with van der Waals surface area (Å²) >= 11 is 0. The number of rotatable bonds is 9. The Balaban J connectivity index is 1.85. The number of carbonyl (C=O) groups is 4. The van der Waals surface area contributed by atoms with Crippen molar-refractivity contribution >= 4 is 35.5 Å². The maximum atomic E-state index is 12.7. The molecule has 0 bridgehead atoms. The van der Waals surface area contributed by atoms with E-state index in [9.17, 15) is 19.2 Å². The molecule has 180 valence electrons. The van der Waals surface area contributed by atoms with Crippen LogP contribution in [0, 0.1) is 0 Å². The van der Waals surface area contributed by atoms with Gasteiger partial charge in [0.2, 0.25) is 5.91 Å². The van der Waals surface area contributed by atoms with Gasteiger partial charge in [-0.25, -0.2) is 9.59 Å². The molecule has 1 aliphatic rings. The van der Waals surface area contributed by atoms with E-state index in [-0.39, 0.29) is 30.7 Å². The van der Waals surface area contributed by atoms with Crippen LogP contribution in [0.3, 0.4) is 0 Å². The van der Waals surface area contributed by atoms with E-state index in [0.29, 0.717) is 30.8 Å². The predicted octanol–water partition coefficient (Wildman–Crippen LogP) is 0.753. The lowest BCUT2D eigenvalue weighted by atomic mass is 10.2. The Labute approximate surface area is 192 Å². The Morgan fingerprint density at radius 1 is 1.24 bits per heavy atom. The van der Waals surface area contributed by atoms with Crippen LogP contribution in [-0.2, 0) is 19.2 Å². The highest BCUT2D eigenvalue weighted by Crippen LogP contribution is 2.22. The first-order chi connectivity index (χ1) is 15.7. The normalized spacial score (nSPS) is 15.7. The van der Waals surface area contributed by atoms with E-state index in [2.05, 4.69) is 20.6 Å². The van der Waals surface area contributed by atoms with Gasteiger partial charge in [0.05, 0.1) is 13.0 Å². The van der Waals surface area contributed by atoms with Crippen LogP contribution in [0.4, 0.5) is 15.3 Å². The summed E-state index contributed by atoms with van der Waals surface area (Å²) in [6.07, 6.45) is 0.578. The van der Waals surface area contributed by atoms with Crippen molar-refractivity contribution in [1.29, 1.82) is 0 Å². The number of nitrogens with zero attached hydrogens (tertiary/aromatic N) is 3. The van der Waals surface area contributed by atoms with Crippen LogP contribution in [0.2, 0.25) is 0 Å². The van der Waals surface area contributed by atoms with Crippen LogP contribution in [0.25, 0.3) is 0 Å². The first kappa shape index (κ1) is 25.4. The van der Waals surface area contributed by atoms with Crippen LogP contribution in [0.1, 0.15) is 31.7 Å². The van der Waals surface area contributed by atoms with Gasteiger partial charge < -0.3 is 30.9 Å². The minimum atomic E-state index is -0.672. The van der Waals surface area contributed by atoms with Gasteiger partial charge in [0, 0.05) is 38.4 Å². The summed E-state index contributed by atoms with van der Waals surface area (Å²) in [6.45, 7) is 2.79.